The van der Waals surface area contributed by atoms with E-state index in [4.69, 9.17) is 4.42 Å². The smallest absolute Gasteiger partial charge is 0.416 e. The number of hydrogen-bond donors (Lipinski definition) is 1. The minimum atomic E-state index is -4.67. The number of benzene rings is 1. The highest BCUT2D eigenvalue weighted by molar-refractivity contribution is 7.89. The van der Waals surface area contributed by atoms with E-state index in [0.717, 1.165) is 22.5 Å². The van der Waals surface area contributed by atoms with Crippen LogP contribution < -0.4 is 5.56 Å². The molecule has 1 aliphatic heterocycles. The van der Waals surface area contributed by atoms with Crippen molar-refractivity contribution in [3.05, 3.63) is 76.3 Å². The predicted octanol–water partition coefficient (Wildman–Crippen LogP) is 2.80. The Kier molecular flexibility index (Phi) is 5.89. The molecule has 1 aromatic carbocycles. The van der Waals surface area contributed by atoms with E-state index in [2.05, 4.69) is 4.98 Å². The SMILES string of the molecule is O=C(c1ccc(-c2ccco2)[nH]c1=O)N1CCN(S(=O)(=O)c2cccc(C(F)(F)F)c2)CC1. The standard InChI is InChI=1S/C21H18F3N3O5S/c22-21(23,24)14-3-1-4-15(13-14)33(30,31)27-10-8-26(9-11-27)20(29)16-6-7-17(25-19(16)28)18-5-2-12-32-18/h1-7,12-13H,8-11H2,(H,25,28). The van der Waals surface area contributed by atoms with Gasteiger partial charge in [0, 0.05) is 26.2 Å². The first-order valence-corrected chi connectivity index (χ1v) is 11.3. The number of nitrogens with one attached hydrogen (secondary N) is 1. The van der Waals surface area contributed by atoms with Gasteiger partial charge < -0.3 is 14.3 Å². The first kappa shape index (κ1) is 22.8. The average molecular weight is 481 g/mol. The van der Waals surface area contributed by atoms with E-state index in [1.807, 2.05) is 0 Å². The Morgan fingerprint density at radius 1 is 1.00 bits per heavy atom. The van der Waals surface area contributed by atoms with Gasteiger partial charge in [-0.25, -0.2) is 8.42 Å². The summed E-state index contributed by atoms with van der Waals surface area (Å²) in [5, 5.41) is 0. The van der Waals surface area contributed by atoms with Crippen LogP contribution in [0.25, 0.3) is 11.5 Å². The summed E-state index contributed by atoms with van der Waals surface area (Å²) in [5.41, 5.74) is -1.39. The molecule has 0 unspecified atom stereocenters. The van der Waals surface area contributed by atoms with Crippen LogP contribution >= 0.6 is 0 Å². The number of aromatic nitrogens is 1. The largest absolute Gasteiger partial charge is 0.463 e. The first-order chi connectivity index (χ1) is 15.6. The Balaban J connectivity index is 1.47. The number of piperazine rings is 1. The molecule has 0 bridgehead atoms. The summed E-state index contributed by atoms with van der Waals surface area (Å²) in [6.45, 7) is -0.272. The summed E-state index contributed by atoms with van der Waals surface area (Å²) in [6.07, 6.45) is -3.23. The number of rotatable bonds is 4. The van der Waals surface area contributed by atoms with Gasteiger partial charge in [-0.05, 0) is 42.5 Å². The molecular weight excluding hydrogens is 463 g/mol. The van der Waals surface area contributed by atoms with Crippen LogP contribution in [0.5, 0.6) is 0 Å². The Morgan fingerprint density at radius 2 is 1.73 bits per heavy atom. The summed E-state index contributed by atoms with van der Waals surface area (Å²) in [6, 6.07) is 9.72. The van der Waals surface area contributed by atoms with E-state index in [9.17, 15) is 31.2 Å². The number of aromatic amines is 1. The number of alkyl halides is 3. The van der Waals surface area contributed by atoms with Crippen LogP contribution in [0.15, 0.2) is 68.9 Å². The summed E-state index contributed by atoms with van der Waals surface area (Å²) < 4.78 is 70.7. The predicted molar refractivity (Wildman–Crippen MR) is 111 cm³/mol. The number of carbonyl (C=O) groups excluding carboxylic acids is 1. The average Bonchev–Trinajstić information content (AvgIpc) is 3.33. The molecule has 3 aromatic rings. The molecular formula is C21H18F3N3O5S. The van der Waals surface area contributed by atoms with Crippen molar-refractivity contribution in [2.45, 2.75) is 11.1 Å². The number of carbonyl (C=O) groups is 1. The van der Waals surface area contributed by atoms with Crippen molar-refractivity contribution in [3.8, 4) is 11.5 Å². The van der Waals surface area contributed by atoms with Crippen LogP contribution in [0.1, 0.15) is 15.9 Å². The minimum Gasteiger partial charge on any atom is -0.463 e. The number of nitrogens with zero attached hydrogens (tertiary/aromatic N) is 2. The molecule has 1 aliphatic rings. The van der Waals surface area contributed by atoms with Crippen LogP contribution in [0.2, 0.25) is 0 Å². The Morgan fingerprint density at radius 3 is 2.33 bits per heavy atom. The van der Waals surface area contributed by atoms with Crippen molar-refractivity contribution in [2.75, 3.05) is 26.2 Å². The monoisotopic (exact) mass is 481 g/mol. The topological polar surface area (TPSA) is 104 Å². The zero-order valence-corrected chi connectivity index (χ0v) is 17.8. The summed E-state index contributed by atoms with van der Waals surface area (Å²) >= 11 is 0. The molecule has 1 saturated heterocycles. The van der Waals surface area contributed by atoms with Crippen molar-refractivity contribution in [2.24, 2.45) is 0 Å². The minimum absolute atomic E-state index is 0.0175. The molecule has 4 rings (SSSR count). The maximum Gasteiger partial charge on any atom is 0.416 e. The molecule has 1 fully saturated rings. The first-order valence-electron chi connectivity index (χ1n) is 9.81. The second-order valence-electron chi connectivity index (χ2n) is 7.31. The third-order valence-corrected chi connectivity index (χ3v) is 7.15. The van der Waals surface area contributed by atoms with E-state index >= 15 is 0 Å². The molecule has 12 heteroatoms. The molecule has 0 spiro atoms. The number of halogens is 3. The third kappa shape index (κ3) is 4.57. The fourth-order valence-electron chi connectivity index (χ4n) is 3.50. The zero-order chi connectivity index (χ0) is 23.8. The molecule has 0 saturated carbocycles. The lowest BCUT2D eigenvalue weighted by Crippen LogP contribution is -2.51. The second kappa shape index (κ2) is 8.52. The molecule has 0 radical (unpaired) electrons. The summed E-state index contributed by atoms with van der Waals surface area (Å²) in [7, 11) is -4.18. The lowest BCUT2D eigenvalue weighted by atomic mass is 10.2. The highest BCUT2D eigenvalue weighted by atomic mass is 32.2. The fourth-order valence-corrected chi connectivity index (χ4v) is 4.97. The van der Waals surface area contributed by atoms with Gasteiger partial charge in [-0.1, -0.05) is 6.07 Å². The number of amides is 1. The fraction of sp³-hybridized carbons (Fsp3) is 0.238. The number of sulfonamides is 1. The van der Waals surface area contributed by atoms with Crippen LogP contribution in [0, 0.1) is 0 Å². The molecule has 174 valence electrons. The Labute approximate surface area is 186 Å². The molecule has 0 atom stereocenters. The van der Waals surface area contributed by atoms with Crippen molar-refractivity contribution < 1.29 is 30.8 Å². The van der Waals surface area contributed by atoms with Crippen LogP contribution in [-0.4, -0.2) is 54.7 Å². The van der Waals surface area contributed by atoms with Crippen molar-refractivity contribution >= 4 is 15.9 Å². The van der Waals surface area contributed by atoms with Gasteiger partial charge in [0.1, 0.15) is 11.3 Å². The second-order valence-corrected chi connectivity index (χ2v) is 9.25. The number of pyridine rings is 1. The lowest BCUT2D eigenvalue weighted by Gasteiger charge is -2.34. The Bertz CT molecular complexity index is 1330. The van der Waals surface area contributed by atoms with Crippen molar-refractivity contribution in [3.63, 3.8) is 0 Å². The van der Waals surface area contributed by atoms with Crippen LogP contribution in [-0.2, 0) is 16.2 Å². The molecule has 33 heavy (non-hydrogen) atoms. The number of H-pyrrole nitrogens is 1. The van der Waals surface area contributed by atoms with Gasteiger partial charge in [-0.15, -0.1) is 0 Å². The van der Waals surface area contributed by atoms with Gasteiger partial charge >= 0.3 is 6.18 Å². The van der Waals surface area contributed by atoms with Gasteiger partial charge in [0.15, 0.2) is 0 Å². The van der Waals surface area contributed by atoms with E-state index in [1.165, 1.54) is 23.3 Å². The van der Waals surface area contributed by atoms with Crippen molar-refractivity contribution in [1.82, 2.24) is 14.2 Å². The number of hydrogen-bond acceptors (Lipinski definition) is 5. The molecule has 8 nitrogen and oxygen atoms in total. The van der Waals surface area contributed by atoms with Gasteiger partial charge in [0.05, 0.1) is 22.4 Å². The van der Waals surface area contributed by atoms with Gasteiger partial charge in [-0.2, -0.15) is 17.5 Å². The normalized spacial score (nSPS) is 15.5. The molecule has 1 N–H and O–H groups in total. The summed E-state index contributed by atoms with van der Waals surface area (Å²) in [4.78, 5) is 28.6. The maximum absolute atomic E-state index is 13.0. The van der Waals surface area contributed by atoms with E-state index in [1.54, 1.807) is 12.1 Å². The third-order valence-electron chi connectivity index (χ3n) is 5.25. The molecule has 0 aliphatic carbocycles. The highest BCUT2D eigenvalue weighted by Gasteiger charge is 2.34. The number of furan rings is 1. The van der Waals surface area contributed by atoms with Gasteiger partial charge in [0.2, 0.25) is 10.0 Å². The maximum atomic E-state index is 13.0. The van der Waals surface area contributed by atoms with Gasteiger partial charge in [-0.3, -0.25) is 9.59 Å². The summed E-state index contributed by atoms with van der Waals surface area (Å²) in [5.74, 6) is -0.141. The van der Waals surface area contributed by atoms with Gasteiger partial charge in [0.25, 0.3) is 11.5 Å². The van der Waals surface area contributed by atoms with E-state index in [-0.39, 0.29) is 31.7 Å². The molecule has 3 heterocycles. The van der Waals surface area contributed by atoms with Crippen molar-refractivity contribution in [1.29, 1.82) is 0 Å². The zero-order valence-electron chi connectivity index (χ0n) is 17.0. The van der Waals surface area contributed by atoms with Crippen LogP contribution in [0.4, 0.5) is 13.2 Å². The van der Waals surface area contributed by atoms with E-state index in [0.29, 0.717) is 17.5 Å². The highest BCUT2D eigenvalue weighted by Crippen LogP contribution is 2.31. The Hall–Kier alpha value is -3.38. The lowest BCUT2D eigenvalue weighted by molar-refractivity contribution is -0.137. The quantitative estimate of drug-likeness (QED) is 0.617. The van der Waals surface area contributed by atoms with Crippen LogP contribution in [0.3, 0.4) is 0 Å². The molecule has 1 amide bonds. The molecule has 2 aromatic heterocycles. The van der Waals surface area contributed by atoms with E-state index < -0.39 is 38.1 Å².